The molecule has 0 bridgehead atoms. The molecule has 0 aliphatic heterocycles. The van der Waals surface area contributed by atoms with E-state index in [1.165, 1.54) is 13.2 Å². The third-order valence-electron chi connectivity index (χ3n) is 1.67. The zero-order valence-corrected chi connectivity index (χ0v) is 7.23. The highest BCUT2D eigenvalue weighted by atomic mass is 19.1. The highest BCUT2D eigenvalue weighted by molar-refractivity contribution is 5.58. The number of rotatable bonds is 2. The van der Waals surface area contributed by atoms with Crippen molar-refractivity contribution in [1.29, 1.82) is 0 Å². The molecule has 1 nitrogen and oxygen atoms in total. The van der Waals surface area contributed by atoms with Crippen LogP contribution in [0.15, 0.2) is 24.8 Å². The maximum atomic E-state index is 13.1. The van der Waals surface area contributed by atoms with E-state index in [0.29, 0.717) is 11.3 Å². The highest BCUT2D eigenvalue weighted by Crippen LogP contribution is 2.17. The minimum absolute atomic E-state index is 0.290. The zero-order chi connectivity index (χ0) is 9.14. The minimum atomic E-state index is -0.290. The topological polar surface area (TPSA) is 9.23 Å². The number of ether oxygens (including phenoxy) is 1. The lowest BCUT2D eigenvalue weighted by Crippen LogP contribution is -1.90. The summed E-state index contributed by atoms with van der Waals surface area (Å²) in [6, 6.07) is 4.94. The van der Waals surface area contributed by atoms with Crippen LogP contribution < -0.4 is 0 Å². The van der Waals surface area contributed by atoms with Crippen molar-refractivity contribution in [3.05, 3.63) is 41.7 Å². The third-order valence-corrected chi connectivity index (χ3v) is 1.67. The largest absolute Gasteiger partial charge is 0.497 e. The van der Waals surface area contributed by atoms with Gasteiger partial charge in [0.15, 0.2) is 0 Å². The molecule has 0 saturated carbocycles. The summed E-state index contributed by atoms with van der Waals surface area (Å²) in [5.74, 6) is 0.0642. The van der Waals surface area contributed by atoms with Gasteiger partial charge in [-0.3, -0.25) is 0 Å². The lowest BCUT2D eigenvalue weighted by molar-refractivity contribution is 0.368. The summed E-state index contributed by atoms with van der Waals surface area (Å²) in [6.07, 6.45) is 0. The Balaban J connectivity index is 3.09. The molecule has 2 heteroatoms. The van der Waals surface area contributed by atoms with E-state index in [9.17, 15) is 4.39 Å². The van der Waals surface area contributed by atoms with Gasteiger partial charge >= 0.3 is 0 Å². The summed E-state index contributed by atoms with van der Waals surface area (Å²) in [5, 5.41) is 0. The average Bonchev–Trinajstić information content (AvgIpc) is 2.03. The number of hydrogen-bond acceptors (Lipinski definition) is 1. The molecule has 0 radical (unpaired) electrons. The Kier molecular flexibility index (Phi) is 2.48. The Morgan fingerprint density at radius 1 is 1.50 bits per heavy atom. The Labute approximate surface area is 71.5 Å². The van der Waals surface area contributed by atoms with Crippen LogP contribution in [0.3, 0.4) is 0 Å². The number of aryl methyl sites for hydroxylation is 1. The zero-order valence-electron chi connectivity index (χ0n) is 7.23. The van der Waals surface area contributed by atoms with Crippen LogP contribution in [0.4, 0.5) is 4.39 Å². The van der Waals surface area contributed by atoms with Crippen molar-refractivity contribution in [3.63, 3.8) is 0 Å². The second kappa shape index (κ2) is 3.39. The smallest absolute Gasteiger partial charge is 0.134 e. The molecule has 0 spiro atoms. The lowest BCUT2D eigenvalue weighted by atomic mass is 10.1. The normalized spacial score (nSPS) is 9.58. The van der Waals surface area contributed by atoms with Crippen molar-refractivity contribution in [2.75, 3.05) is 7.11 Å². The Morgan fingerprint density at radius 2 is 2.17 bits per heavy atom. The fraction of sp³-hybridized carbons (Fsp3) is 0.200. The van der Waals surface area contributed by atoms with Crippen LogP contribution in [-0.2, 0) is 4.74 Å². The Hall–Kier alpha value is -1.31. The lowest BCUT2D eigenvalue weighted by Gasteiger charge is -2.05. The van der Waals surface area contributed by atoms with E-state index < -0.39 is 0 Å². The van der Waals surface area contributed by atoms with Crippen LogP contribution in [0.25, 0.3) is 5.76 Å². The van der Waals surface area contributed by atoms with Crippen LogP contribution in [0.1, 0.15) is 11.1 Å². The van der Waals surface area contributed by atoms with E-state index in [1.54, 1.807) is 6.07 Å². The average molecular weight is 166 g/mol. The van der Waals surface area contributed by atoms with Crippen LogP contribution >= 0.6 is 0 Å². The summed E-state index contributed by atoms with van der Waals surface area (Å²) in [6.45, 7) is 5.41. The standard InChI is InChI=1S/C10H11FO/c1-7-4-5-9(8(2)12-3)10(11)6-7/h4-6H,2H2,1,3H3. The second-order valence-electron chi connectivity index (χ2n) is 2.61. The molecule has 1 aromatic rings. The molecule has 0 saturated heterocycles. The second-order valence-corrected chi connectivity index (χ2v) is 2.61. The van der Waals surface area contributed by atoms with Gasteiger partial charge in [0.2, 0.25) is 0 Å². The molecule has 12 heavy (non-hydrogen) atoms. The van der Waals surface area contributed by atoms with Crippen molar-refractivity contribution < 1.29 is 9.13 Å². The summed E-state index contributed by atoms with van der Waals surface area (Å²) in [7, 11) is 1.47. The maximum Gasteiger partial charge on any atom is 0.134 e. The van der Waals surface area contributed by atoms with Gasteiger partial charge in [-0.1, -0.05) is 12.6 Å². The van der Waals surface area contributed by atoms with Gasteiger partial charge in [0, 0.05) is 0 Å². The van der Waals surface area contributed by atoms with Crippen molar-refractivity contribution in [2.45, 2.75) is 6.92 Å². The van der Waals surface area contributed by atoms with E-state index >= 15 is 0 Å². The molecule has 0 amide bonds. The molecule has 1 aromatic carbocycles. The van der Waals surface area contributed by atoms with Gasteiger partial charge in [-0.2, -0.15) is 0 Å². The summed E-state index contributed by atoms with van der Waals surface area (Å²) >= 11 is 0. The van der Waals surface area contributed by atoms with E-state index in [4.69, 9.17) is 4.74 Å². The van der Waals surface area contributed by atoms with Gasteiger partial charge in [0.1, 0.15) is 11.6 Å². The molecule has 0 aromatic heterocycles. The first kappa shape index (κ1) is 8.78. The highest BCUT2D eigenvalue weighted by Gasteiger charge is 2.04. The van der Waals surface area contributed by atoms with Crippen molar-refractivity contribution in [3.8, 4) is 0 Å². The molecule has 0 heterocycles. The van der Waals surface area contributed by atoms with Crippen molar-refractivity contribution in [2.24, 2.45) is 0 Å². The van der Waals surface area contributed by atoms with E-state index in [-0.39, 0.29) is 5.82 Å². The summed E-state index contributed by atoms with van der Waals surface area (Å²) in [4.78, 5) is 0. The van der Waals surface area contributed by atoms with Crippen molar-refractivity contribution in [1.82, 2.24) is 0 Å². The molecule has 0 aliphatic rings. The number of methoxy groups -OCH3 is 1. The van der Waals surface area contributed by atoms with Gasteiger partial charge in [-0.15, -0.1) is 0 Å². The Morgan fingerprint density at radius 3 is 2.67 bits per heavy atom. The fourth-order valence-electron chi connectivity index (χ4n) is 0.956. The molecule has 64 valence electrons. The monoisotopic (exact) mass is 166 g/mol. The predicted molar refractivity (Wildman–Crippen MR) is 47.2 cm³/mol. The van der Waals surface area contributed by atoms with Crippen LogP contribution in [0, 0.1) is 12.7 Å². The molecule has 0 atom stereocenters. The van der Waals surface area contributed by atoms with Gasteiger partial charge in [-0.05, 0) is 24.6 Å². The molecule has 1 rings (SSSR count). The maximum absolute atomic E-state index is 13.1. The summed E-state index contributed by atoms with van der Waals surface area (Å²) in [5.41, 5.74) is 1.31. The number of hydrogen-bond donors (Lipinski definition) is 0. The first-order valence-corrected chi connectivity index (χ1v) is 3.64. The Bertz CT molecular complexity index is 305. The predicted octanol–water partition coefficient (Wildman–Crippen LogP) is 2.75. The number of halogens is 1. The molecular formula is C10H11FO. The van der Waals surface area contributed by atoms with E-state index in [1.807, 2.05) is 13.0 Å². The van der Waals surface area contributed by atoms with Gasteiger partial charge in [-0.25, -0.2) is 4.39 Å². The molecule has 0 unspecified atom stereocenters. The van der Waals surface area contributed by atoms with Gasteiger partial charge in [0.05, 0.1) is 12.7 Å². The molecular weight excluding hydrogens is 155 g/mol. The first-order chi connectivity index (χ1) is 5.65. The fourth-order valence-corrected chi connectivity index (χ4v) is 0.956. The minimum Gasteiger partial charge on any atom is -0.497 e. The van der Waals surface area contributed by atoms with Crippen LogP contribution in [0.5, 0.6) is 0 Å². The summed E-state index contributed by atoms with van der Waals surface area (Å²) < 4.78 is 18.0. The first-order valence-electron chi connectivity index (χ1n) is 3.64. The molecule has 0 fully saturated rings. The van der Waals surface area contributed by atoms with Crippen molar-refractivity contribution >= 4 is 5.76 Å². The van der Waals surface area contributed by atoms with Crippen LogP contribution in [-0.4, -0.2) is 7.11 Å². The third kappa shape index (κ3) is 1.64. The van der Waals surface area contributed by atoms with E-state index in [0.717, 1.165) is 5.56 Å². The van der Waals surface area contributed by atoms with Gasteiger partial charge in [0.25, 0.3) is 0 Å². The van der Waals surface area contributed by atoms with Gasteiger partial charge < -0.3 is 4.74 Å². The quantitative estimate of drug-likeness (QED) is 0.614. The SMILES string of the molecule is C=C(OC)c1ccc(C)cc1F. The number of benzene rings is 1. The molecule has 0 N–H and O–H groups in total. The molecule has 0 aliphatic carbocycles. The van der Waals surface area contributed by atoms with E-state index in [2.05, 4.69) is 6.58 Å². The van der Waals surface area contributed by atoms with Crippen LogP contribution in [0.2, 0.25) is 0 Å².